The molecule has 0 aromatic rings. The molecule has 0 fully saturated rings. The summed E-state index contributed by atoms with van der Waals surface area (Å²) in [6.07, 6.45) is 3.63. The topological polar surface area (TPSA) is 20.3 Å². The number of alkyl halides is 1. The highest BCUT2D eigenvalue weighted by Gasteiger charge is 2.13. The Morgan fingerprint density at radius 3 is 2.47 bits per heavy atom. The van der Waals surface area contributed by atoms with Crippen LogP contribution in [0.4, 0.5) is 0 Å². The SMILES string of the molecule is CCC(C)CN(CC)C(=O)CCCCCl. The first-order chi connectivity index (χ1) is 7.15. The zero-order valence-electron chi connectivity index (χ0n) is 10.3. The van der Waals surface area contributed by atoms with Gasteiger partial charge in [-0.05, 0) is 25.7 Å². The van der Waals surface area contributed by atoms with Crippen LogP contribution in [-0.2, 0) is 4.79 Å². The highest BCUT2D eigenvalue weighted by molar-refractivity contribution is 6.17. The van der Waals surface area contributed by atoms with Crippen molar-refractivity contribution in [2.45, 2.75) is 46.5 Å². The lowest BCUT2D eigenvalue weighted by Crippen LogP contribution is -2.34. The molecular weight excluding hydrogens is 210 g/mol. The summed E-state index contributed by atoms with van der Waals surface area (Å²) in [6, 6.07) is 0. The standard InChI is InChI=1S/C12H24ClNO/c1-4-11(3)10-14(5-2)12(15)8-6-7-9-13/h11H,4-10H2,1-3H3. The number of nitrogens with zero attached hydrogens (tertiary/aromatic N) is 1. The monoisotopic (exact) mass is 233 g/mol. The Morgan fingerprint density at radius 1 is 1.33 bits per heavy atom. The molecule has 3 heteroatoms. The van der Waals surface area contributed by atoms with Crippen molar-refractivity contribution in [2.24, 2.45) is 5.92 Å². The number of carbonyl (C=O) groups is 1. The van der Waals surface area contributed by atoms with E-state index in [9.17, 15) is 4.79 Å². The van der Waals surface area contributed by atoms with Gasteiger partial charge < -0.3 is 4.90 Å². The van der Waals surface area contributed by atoms with Gasteiger partial charge in [-0.1, -0.05) is 20.3 Å². The molecule has 0 heterocycles. The zero-order valence-corrected chi connectivity index (χ0v) is 11.0. The average molecular weight is 234 g/mol. The molecule has 0 radical (unpaired) electrons. The summed E-state index contributed by atoms with van der Waals surface area (Å²) in [7, 11) is 0. The molecule has 15 heavy (non-hydrogen) atoms. The van der Waals surface area contributed by atoms with Crippen LogP contribution in [0.15, 0.2) is 0 Å². The third-order valence-corrected chi connectivity index (χ3v) is 3.00. The van der Waals surface area contributed by atoms with Crippen molar-refractivity contribution < 1.29 is 4.79 Å². The van der Waals surface area contributed by atoms with E-state index in [2.05, 4.69) is 13.8 Å². The first-order valence-corrected chi connectivity index (χ1v) is 6.52. The van der Waals surface area contributed by atoms with E-state index in [1.165, 1.54) is 0 Å². The second-order valence-electron chi connectivity index (χ2n) is 4.09. The summed E-state index contributed by atoms with van der Waals surface area (Å²) in [5.41, 5.74) is 0. The predicted octanol–water partition coefficient (Wildman–Crippen LogP) is 3.29. The first kappa shape index (κ1) is 14.8. The fourth-order valence-corrected chi connectivity index (χ4v) is 1.63. The second-order valence-corrected chi connectivity index (χ2v) is 4.47. The minimum Gasteiger partial charge on any atom is -0.343 e. The van der Waals surface area contributed by atoms with Gasteiger partial charge in [0, 0.05) is 25.4 Å². The molecule has 0 aromatic carbocycles. The fourth-order valence-electron chi connectivity index (χ4n) is 1.44. The Kier molecular flexibility index (Phi) is 8.88. The highest BCUT2D eigenvalue weighted by atomic mass is 35.5. The maximum absolute atomic E-state index is 11.8. The number of hydrogen-bond acceptors (Lipinski definition) is 1. The Labute approximate surface area is 99.0 Å². The van der Waals surface area contributed by atoms with Crippen LogP contribution in [0.25, 0.3) is 0 Å². The lowest BCUT2D eigenvalue weighted by atomic mass is 10.1. The van der Waals surface area contributed by atoms with Crippen molar-refractivity contribution >= 4 is 17.5 Å². The molecule has 0 bridgehead atoms. The van der Waals surface area contributed by atoms with Crippen LogP contribution < -0.4 is 0 Å². The molecule has 0 aromatic heterocycles. The van der Waals surface area contributed by atoms with Crippen LogP contribution in [0.2, 0.25) is 0 Å². The van der Waals surface area contributed by atoms with Gasteiger partial charge in [0.1, 0.15) is 0 Å². The quantitative estimate of drug-likeness (QED) is 0.465. The van der Waals surface area contributed by atoms with Gasteiger partial charge in [-0.25, -0.2) is 0 Å². The summed E-state index contributed by atoms with van der Waals surface area (Å²) in [4.78, 5) is 13.7. The van der Waals surface area contributed by atoms with Gasteiger partial charge in [0.15, 0.2) is 0 Å². The van der Waals surface area contributed by atoms with Crippen LogP contribution in [0, 0.1) is 5.92 Å². The molecule has 90 valence electrons. The summed E-state index contributed by atoms with van der Waals surface area (Å²) in [6.45, 7) is 8.11. The number of carbonyl (C=O) groups excluding carboxylic acids is 1. The van der Waals surface area contributed by atoms with Crippen molar-refractivity contribution in [3.05, 3.63) is 0 Å². The van der Waals surface area contributed by atoms with E-state index in [4.69, 9.17) is 11.6 Å². The second kappa shape index (κ2) is 9.02. The molecular formula is C12H24ClNO. The molecule has 0 rings (SSSR count). The van der Waals surface area contributed by atoms with Gasteiger partial charge in [0.2, 0.25) is 5.91 Å². The smallest absolute Gasteiger partial charge is 0.222 e. The number of unbranched alkanes of at least 4 members (excludes halogenated alkanes) is 1. The fraction of sp³-hybridized carbons (Fsp3) is 0.917. The minimum absolute atomic E-state index is 0.280. The summed E-state index contributed by atoms with van der Waals surface area (Å²) >= 11 is 5.58. The summed E-state index contributed by atoms with van der Waals surface area (Å²) in [5.74, 6) is 1.54. The maximum Gasteiger partial charge on any atom is 0.222 e. The van der Waals surface area contributed by atoms with E-state index in [0.717, 1.165) is 32.4 Å². The van der Waals surface area contributed by atoms with E-state index in [1.807, 2.05) is 11.8 Å². The van der Waals surface area contributed by atoms with Crippen LogP contribution >= 0.6 is 11.6 Å². The van der Waals surface area contributed by atoms with Gasteiger partial charge in [-0.15, -0.1) is 11.6 Å². The maximum atomic E-state index is 11.8. The van der Waals surface area contributed by atoms with E-state index >= 15 is 0 Å². The molecule has 0 aliphatic heterocycles. The van der Waals surface area contributed by atoms with Gasteiger partial charge in [0.25, 0.3) is 0 Å². The zero-order chi connectivity index (χ0) is 11.7. The third kappa shape index (κ3) is 6.77. The largest absolute Gasteiger partial charge is 0.343 e. The van der Waals surface area contributed by atoms with Crippen molar-refractivity contribution in [1.82, 2.24) is 4.90 Å². The minimum atomic E-state index is 0.280. The number of halogens is 1. The van der Waals surface area contributed by atoms with Gasteiger partial charge >= 0.3 is 0 Å². The highest BCUT2D eigenvalue weighted by Crippen LogP contribution is 2.07. The van der Waals surface area contributed by atoms with Crippen LogP contribution in [0.5, 0.6) is 0 Å². The summed E-state index contributed by atoms with van der Waals surface area (Å²) in [5, 5.41) is 0. The van der Waals surface area contributed by atoms with E-state index in [1.54, 1.807) is 0 Å². The lowest BCUT2D eigenvalue weighted by Gasteiger charge is -2.24. The van der Waals surface area contributed by atoms with Crippen molar-refractivity contribution in [2.75, 3.05) is 19.0 Å². The number of hydrogen-bond donors (Lipinski definition) is 0. The molecule has 1 unspecified atom stereocenters. The van der Waals surface area contributed by atoms with Gasteiger partial charge in [-0.3, -0.25) is 4.79 Å². The molecule has 0 N–H and O–H groups in total. The Morgan fingerprint density at radius 2 is 2.00 bits per heavy atom. The van der Waals surface area contributed by atoms with E-state index in [0.29, 0.717) is 18.2 Å². The normalized spacial score (nSPS) is 12.5. The van der Waals surface area contributed by atoms with Crippen LogP contribution in [0.3, 0.4) is 0 Å². The van der Waals surface area contributed by atoms with Crippen LogP contribution in [-0.4, -0.2) is 29.8 Å². The summed E-state index contributed by atoms with van der Waals surface area (Å²) < 4.78 is 0. The van der Waals surface area contributed by atoms with E-state index in [-0.39, 0.29) is 5.91 Å². The lowest BCUT2D eigenvalue weighted by molar-refractivity contribution is -0.131. The molecule has 1 amide bonds. The number of rotatable bonds is 8. The Balaban J connectivity index is 3.88. The average Bonchev–Trinajstić information content (AvgIpc) is 2.25. The predicted molar refractivity (Wildman–Crippen MR) is 66.3 cm³/mol. The molecule has 0 aliphatic rings. The molecule has 0 aliphatic carbocycles. The van der Waals surface area contributed by atoms with Gasteiger partial charge in [0.05, 0.1) is 0 Å². The third-order valence-electron chi connectivity index (χ3n) is 2.74. The molecule has 1 atom stereocenters. The van der Waals surface area contributed by atoms with Crippen molar-refractivity contribution in [3.8, 4) is 0 Å². The molecule has 0 spiro atoms. The first-order valence-electron chi connectivity index (χ1n) is 5.99. The Bertz CT molecular complexity index is 173. The van der Waals surface area contributed by atoms with Crippen LogP contribution in [0.1, 0.15) is 46.5 Å². The Hall–Kier alpha value is -0.240. The number of amides is 1. The molecule has 0 saturated heterocycles. The van der Waals surface area contributed by atoms with Gasteiger partial charge in [-0.2, -0.15) is 0 Å². The van der Waals surface area contributed by atoms with Crippen molar-refractivity contribution in [3.63, 3.8) is 0 Å². The van der Waals surface area contributed by atoms with E-state index < -0.39 is 0 Å². The van der Waals surface area contributed by atoms with Crippen molar-refractivity contribution in [1.29, 1.82) is 0 Å². The molecule has 2 nitrogen and oxygen atoms in total. The molecule has 0 saturated carbocycles.